The van der Waals surface area contributed by atoms with E-state index in [-0.39, 0.29) is 24.0 Å². The van der Waals surface area contributed by atoms with Crippen LogP contribution in [0.15, 0.2) is 30.6 Å². The maximum atomic E-state index is 15.3. The molecule has 0 spiro atoms. The highest BCUT2D eigenvalue weighted by Gasteiger charge is 2.35. The number of nitrogens with two attached hydrogens (primary N) is 1. The summed E-state index contributed by atoms with van der Waals surface area (Å²) in [5.74, 6) is 5.43. The number of hydrogen-bond donors (Lipinski definition) is 1. The fraction of sp³-hybridized carbons (Fsp3) is 0.379. The lowest BCUT2D eigenvalue weighted by atomic mass is 10.1. The maximum absolute atomic E-state index is 15.3. The lowest BCUT2D eigenvalue weighted by Crippen LogP contribution is -2.37. The molecule has 0 bridgehead atoms. The van der Waals surface area contributed by atoms with Gasteiger partial charge in [0.25, 0.3) is 5.91 Å². The number of aryl methyl sites for hydroxylation is 1. The monoisotopic (exact) mass is 578 g/mol. The molecule has 1 amide bonds. The first kappa shape index (κ1) is 28.0. The number of rotatable bonds is 6. The first-order valence-electron chi connectivity index (χ1n) is 13.1. The first-order valence-corrected chi connectivity index (χ1v) is 16.9. The summed E-state index contributed by atoms with van der Waals surface area (Å²) in [6, 6.07) is 4.51. The van der Waals surface area contributed by atoms with E-state index in [1.165, 1.54) is 6.07 Å². The summed E-state index contributed by atoms with van der Waals surface area (Å²) < 4.78 is 23.1. The molecule has 1 saturated carbocycles. The Morgan fingerprint density at radius 3 is 2.62 bits per heavy atom. The third kappa shape index (κ3) is 5.82. The van der Waals surface area contributed by atoms with Gasteiger partial charge in [-0.1, -0.05) is 23.4 Å². The molecule has 3 aromatic heterocycles. The van der Waals surface area contributed by atoms with Crippen LogP contribution in [0.2, 0.25) is 24.7 Å². The number of halogens is 2. The van der Waals surface area contributed by atoms with E-state index in [4.69, 9.17) is 21.8 Å². The fourth-order valence-corrected chi connectivity index (χ4v) is 6.69. The van der Waals surface area contributed by atoms with Gasteiger partial charge in [0.1, 0.15) is 17.2 Å². The van der Waals surface area contributed by atoms with Crippen LogP contribution < -0.4 is 5.73 Å². The van der Waals surface area contributed by atoms with Gasteiger partial charge in [-0.05, 0) is 58.5 Å². The predicted octanol–water partition coefficient (Wildman–Crippen LogP) is 5.68. The molecule has 40 heavy (non-hydrogen) atoms. The summed E-state index contributed by atoms with van der Waals surface area (Å²) in [4.78, 5) is 24.2. The molecule has 1 aliphatic rings. The number of aromatic nitrogens is 4. The van der Waals surface area contributed by atoms with E-state index in [0.29, 0.717) is 38.1 Å². The minimum atomic E-state index is -1.78. The number of fused-ring (bicyclic) bond motifs is 3. The Balaban J connectivity index is 1.43. The van der Waals surface area contributed by atoms with Crippen molar-refractivity contribution in [3.8, 4) is 11.8 Å². The Morgan fingerprint density at radius 1 is 1.25 bits per heavy atom. The highest BCUT2D eigenvalue weighted by atomic mass is 35.5. The van der Waals surface area contributed by atoms with Crippen LogP contribution in [0.1, 0.15) is 48.3 Å². The lowest BCUT2D eigenvalue weighted by molar-refractivity contribution is 0.0723. The van der Waals surface area contributed by atoms with Gasteiger partial charge in [-0.3, -0.25) is 14.5 Å². The van der Waals surface area contributed by atoms with Crippen molar-refractivity contribution in [3.63, 3.8) is 0 Å². The molecule has 8 nitrogen and oxygen atoms in total. The molecule has 0 radical (unpaired) electrons. The molecule has 1 aromatic carbocycles. The van der Waals surface area contributed by atoms with Gasteiger partial charge >= 0.3 is 0 Å². The van der Waals surface area contributed by atoms with E-state index in [0.717, 1.165) is 12.8 Å². The second-order valence-corrected chi connectivity index (χ2v) is 16.5. The number of anilines is 1. The SMILES string of the molecule is Cn1ncc2c(N)nc3cc(F)c(C(=O)N(Cc4cc(Cl)c(C#CC(C)(C)O[Si](C)(C)C)cn4)C4CC4)cc3c21. The van der Waals surface area contributed by atoms with Crippen LogP contribution >= 0.6 is 11.6 Å². The Morgan fingerprint density at radius 2 is 1.98 bits per heavy atom. The molecule has 1 fully saturated rings. The van der Waals surface area contributed by atoms with Gasteiger partial charge in [-0.15, -0.1) is 0 Å². The molecule has 2 N–H and O–H groups in total. The number of nitrogens with zero attached hydrogens (tertiary/aromatic N) is 5. The van der Waals surface area contributed by atoms with Crippen LogP contribution in [-0.4, -0.2) is 50.5 Å². The van der Waals surface area contributed by atoms with Gasteiger partial charge in [-0.2, -0.15) is 5.10 Å². The van der Waals surface area contributed by atoms with Gasteiger partial charge in [0, 0.05) is 30.7 Å². The topological polar surface area (TPSA) is 99.2 Å². The lowest BCUT2D eigenvalue weighted by Gasteiger charge is -2.28. The van der Waals surface area contributed by atoms with Gasteiger partial charge in [0.2, 0.25) is 0 Å². The smallest absolute Gasteiger partial charge is 0.257 e. The number of pyridine rings is 2. The first-order chi connectivity index (χ1) is 18.7. The molecule has 0 unspecified atom stereocenters. The average Bonchev–Trinajstić information content (AvgIpc) is 3.61. The average molecular weight is 579 g/mol. The molecular weight excluding hydrogens is 547 g/mol. The van der Waals surface area contributed by atoms with E-state index in [2.05, 4.69) is 46.5 Å². The Hall–Kier alpha value is -3.52. The molecule has 0 saturated heterocycles. The van der Waals surface area contributed by atoms with Crippen LogP contribution in [0, 0.1) is 17.7 Å². The van der Waals surface area contributed by atoms with Gasteiger partial charge < -0.3 is 15.1 Å². The van der Waals surface area contributed by atoms with Crippen molar-refractivity contribution in [2.24, 2.45) is 7.05 Å². The van der Waals surface area contributed by atoms with Gasteiger partial charge in [-0.25, -0.2) is 9.37 Å². The summed E-state index contributed by atoms with van der Waals surface area (Å²) in [5.41, 5.74) is 7.64. The number of hydrogen-bond acceptors (Lipinski definition) is 6. The Labute approximate surface area is 238 Å². The Kier molecular flexibility index (Phi) is 7.11. The summed E-state index contributed by atoms with van der Waals surface area (Å²) in [7, 11) is -0.00886. The summed E-state index contributed by atoms with van der Waals surface area (Å²) in [5, 5.41) is 5.95. The standard InChI is InChI=1S/C29H32ClFN6O2Si/c1-29(2,39-40(4,5)6)10-9-17-14-33-18(11-23(17)30)16-37(19-7-8-19)28(38)20-12-21-25(13-24(20)31)35-27(32)22-15-34-36(3)26(21)22/h11-15,19H,7-8,16H2,1-6H3,(H2,32,35). The van der Waals surface area contributed by atoms with Crippen molar-refractivity contribution in [2.45, 2.75) is 64.5 Å². The van der Waals surface area contributed by atoms with E-state index in [1.54, 1.807) is 41.2 Å². The zero-order valence-corrected chi connectivity index (χ0v) is 25.2. The maximum Gasteiger partial charge on any atom is 0.257 e. The second-order valence-electron chi connectivity index (χ2n) is 11.7. The third-order valence-corrected chi connectivity index (χ3v) is 8.01. The third-order valence-electron chi connectivity index (χ3n) is 6.58. The number of nitrogen functional groups attached to an aromatic ring is 1. The molecular formula is C29H32ClFN6O2Si. The second kappa shape index (κ2) is 10.1. The minimum Gasteiger partial charge on any atom is -0.402 e. The molecule has 1 aliphatic carbocycles. The zero-order valence-electron chi connectivity index (χ0n) is 23.5. The minimum absolute atomic E-state index is 0.00316. The van der Waals surface area contributed by atoms with Crippen LogP contribution in [0.25, 0.3) is 21.8 Å². The van der Waals surface area contributed by atoms with Crippen molar-refractivity contribution >= 4 is 53.4 Å². The number of carbonyl (C=O) groups excluding carboxylic acids is 1. The Bertz CT molecular complexity index is 1720. The van der Waals surface area contributed by atoms with Crippen molar-refractivity contribution in [1.29, 1.82) is 0 Å². The molecule has 0 aliphatic heterocycles. The summed E-state index contributed by atoms with van der Waals surface area (Å²) >= 11 is 6.57. The van der Waals surface area contributed by atoms with Gasteiger partial charge in [0.15, 0.2) is 8.32 Å². The van der Waals surface area contributed by atoms with Crippen LogP contribution in [0.5, 0.6) is 0 Å². The van der Waals surface area contributed by atoms with E-state index in [9.17, 15) is 4.79 Å². The number of benzene rings is 1. The van der Waals surface area contributed by atoms with E-state index >= 15 is 4.39 Å². The zero-order chi connectivity index (χ0) is 29.0. The highest BCUT2D eigenvalue weighted by molar-refractivity contribution is 6.69. The normalized spacial score (nSPS) is 13.9. The van der Waals surface area contributed by atoms with Crippen LogP contribution in [-0.2, 0) is 18.0 Å². The number of carbonyl (C=O) groups is 1. The molecule has 5 rings (SSSR count). The van der Waals surface area contributed by atoms with Gasteiger partial charge in [0.05, 0.1) is 51.0 Å². The van der Waals surface area contributed by atoms with E-state index in [1.807, 2.05) is 13.8 Å². The van der Waals surface area contributed by atoms with Crippen LogP contribution in [0.3, 0.4) is 0 Å². The van der Waals surface area contributed by atoms with Crippen molar-refractivity contribution in [2.75, 3.05) is 5.73 Å². The molecule has 11 heteroatoms. The summed E-state index contributed by atoms with van der Waals surface area (Å²) in [6.07, 6.45) is 4.90. The highest BCUT2D eigenvalue weighted by Crippen LogP contribution is 2.33. The quantitative estimate of drug-likeness (QED) is 0.233. The van der Waals surface area contributed by atoms with Crippen molar-refractivity contribution in [3.05, 3.63) is 58.3 Å². The molecule has 3 heterocycles. The number of amides is 1. The predicted molar refractivity (Wildman–Crippen MR) is 158 cm³/mol. The van der Waals surface area contributed by atoms with Crippen LogP contribution in [0.4, 0.5) is 10.2 Å². The molecule has 208 valence electrons. The van der Waals surface area contributed by atoms with E-state index < -0.39 is 25.6 Å². The van der Waals surface area contributed by atoms with Crippen molar-refractivity contribution < 1.29 is 13.6 Å². The van der Waals surface area contributed by atoms with Crippen molar-refractivity contribution in [1.82, 2.24) is 24.6 Å². The largest absolute Gasteiger partial charge is 0.402 e. The summed E-state index contributed by atoms with van der Waals surface area (Å²) in [6.45, 7) is 10.4. The molecule has 0 atom stereocenters. The fourth-order valence-electron chi connectivity index (χ4n) is 4.88. The molecule has 4 aromatic rings.